The maximum Gasteiger partial charge on any atom is 0.221 e. The molecule has 1 heterocycles. The third-order valence-corrected chi connectivity index (χ3v) is 5.17. The number of benzene rings is 2. The van der Waals surface area contributed by atoms with Gasteiger partial charge in [-0.1, -0.05) is 37.3 Å². The number of hydrogen-bond donors (Lipinski definition) is 2. The van der Waals surface area contributed by atoms with Gasteiger partial charge in [-0.2, -0.15) is 0 Å². The van der Waals surface area contributed by atoms with E-state index in [1.165, 1.54) is 17.7 Å². The minimum atomic E-state index is -0.274. The fraction of sp³-hybridized carbons (Fsp3) is 0.318. The fourth-order valence-corrected chi connectivity index (χ4v) is 3.65. The van der Waals surface area contributed by atoms with E-state index in [-0.39, 0.29) is 17.6 Å². The van der Waals surface area contributed by atoms with Crippen molar-refractivity contribution in [3.05, 3.63) is 71.2 Å². The minimum absolute atomic E-state index is 0.0303. The van der Waals surface area contributed by atoms with Crippen LogP contribution in [0.2, 0.25) is 0 Å². The molecule has 3 nitrogen and oxygen atoms in total. The zero-order valence-corrected chi connectivity index (χ0v) is 14.9. The SMILES string of the molecule is CCc1cccc2c([C@@H](CC(=O)NC3CC3)c3cccc(F)c3)c[nH]c12. The maximum atomic E-state index is 13.9. The van der Waals surface area contributed by atoms with Crippen LogP contribution in [0.5, 0.6) is 0 Å². The Labute approximate surface area is 152 Å². The second kappa shape index (κ2) is 6.94. The number of carbonyl (C=O) groups is 1. The van der Waals surface area contributed by atoms with Crippen LogP contribution in [0.25, 0.3) is 10.9 Å². The van der Waals surface area contributed by atoms with Gasteiger partial charge < -0.3 is 10.3 Å². The first-order chi connectivity index (χ1) is 12.7. The molecule has 134 valence electrons. The molecular weight excluding hydrogens is 327 g/mol. The summed E-state index contributed by atoms with van der Waals surface area (Å²) in [7, 11) is 0. The maximum absolute atomic E-state index is 13.9. The smallest absolute Gasteiger partial charge is 0.221 e. The van der Waals surface area contributed by atoms with E-state index in [1.54, 1.807) is 6.07 Å². The van der Waals surface area contributed by atoms with Crippen LogP contribution in [0.3, 0.4) is 0 Å². The summed E-state index contributed by atoms with van der Waals surface area (Å²) < 4.78 is 13.9. The van der Waals surface area contributed by atoms with Gasteiger partial charge in [0.2, 0.25) is 5.91 Å². The van der Waals surface area contributed by atoms with Crippen LogP contribution in [0.15, 0.2) is 48.7 Å². The lowest BCUT2D eigenvalue weighted by Crippen LogP contribution is -2.27. The quantitative estimate of drug-likeness (QED) is 0.667. The average molecular weight is 350 g/mol. The monoisotopic (exact) mass is 350 g/mol. The molecule has 2 N–H and O–H groups in total. The average Bonchev–Trinajstić information content (AvgIpc) is 3.35. The number of carbonyl (C=O) groups excluding carboxylic acids is 1. The van der Waals surface area contributed by atoms with Gasteiger partial charge in [-0.05, 0) is 48.1 Å². The minimum Gasteiger partial charge on any atom is -0.361 e. The summed E-state index contributed by atoms with van der Waals surface area (Å²) in [6, 6.07) is 13.2. The Kier molecular flexibility index (Phi) is 4.49. The van der Waals surface area contributed by atoms with E-state index >= 15 is 0 Å². The van der Waals surface area contributed by atoms with Gasteiger partial charge in [0, 0.05) is 35.5 Å². The molecule has 4 rings (SSSR count). The molecule has 26 heavy (non-hydrogen) atoms. The molecule has 0 radical (unpaired) electrons. The van der Waals surface area contributed by atoms with Crippen LogP contribution in [0.1, 0.15) is 48.8 Å². The molecule has 1 aliphatic rings. The number of aryl methyl sites for hydroxylation is 1. The molecule has 1 atom stereocenters. The third-order valence-electron chi connectivity index (χ3n) is 5.17. The molecule has 1 aliphatic carbocycles. The number of rotatable bonds is 6. The summed E-state index contributed by atoms with van der Waals surface area (Å²) >= 11 is 0. The highest BCUT2D eigenvalue weighted by atomic mass is 19.1. The lowest BCUT2D eigenvalue weighted by Gasteiger charge is -2.17. The van der Waals surface area contributed by atoms with Crippen LogP contribution in [-0.2, 0) is 11.2 Å². The first kappa shape index (κ1) is 16.8. The third kappa shape index (κ3) is 3.36. The molecule has 3 aromatic rings. The van der Waals surface area contributed by atoms with Crippen molar-refractivity contribution < 1.29 is 9.18 Å². The van der Waals surface area contributed by atoms with Crippen molar-refractivity contribution in [2.45, 2.75) is 44.6 Å². The first-order valence-electron chi connectivity index (χ1n) is 9.29. The highest BCUT2D eigenvalue weighted by molar-refractivity contribution is 5.88. The summed E-state index contributed by atoms with van der Waals surface area (Å²) in [6.07, 6.45) is 5.35. The summed E-state index contributed by atoms with van der Waals surface area (Å²) in [6.45, 7) is 2.13. The highest BCUT2D eigenvalue weighted by Crippen LogP contribution is 2.35. The molecule has 0 unspecified atom stereocenters. The van der Waals surface area contributed by atoms with Crippen molar-refractivity contribution in [3.63, 3.8) is 0 Å². The Hall–Kier alpha value is -2.62. The van der Waals surface area contributed by atoms with Crippen LogP contribution in [0, 0.1) is 5.82 Å². The van der Waals surface area contributed by atoms with Crippen molar-refractivity contribution in [1.82, 2.24) is 10.3 Å². The summed E-state index contributed by atoms with van der Waals surface area (Å²) in [5.41, 5.74) is 4.23. The number of halogens is 1. The Morgan fingerprint density at radius 2 is 2.08 bits per heavy atom. The lowest BCUT2D eigenvalue weighted by molar-refractivity contribution is -0.121. The molecule has 0 saturated heterocycles. The molecule has 0 bridgehead atoms. The molecule has 1 fully saturated rings. The molecule has 0 spiro atoms. The summed E-state index contributed by atoms with van der Waals surface area (Å²) in [4.78, 5) is 15.9. The first-order valence-corrected chi connectivity index (χ1v) is 9.29. The van der Waals surface area contributed by atoms with E-state index in [2.05, 4.69) is 29.4 Å². The number of hydrogen-bond acceptors (Lipinski definition) is 1. The highest BCUT2D eigenvalue weighted by Gasteiger charge is 2.27. The Morgan fingerprint density at radius 1 is 1.27 bits per heavy atom. The van der Waals surface area contributed by atoms with Crippen molar-refractivity contribution in [3.8, 4) is 0 Å². The van der Waals surface area contributed by atoms with E-state index < -0.39 is 0 Å². The van der Waals surface area contributed by atoms with Crippen LogP contribution >= 0.6 is 0 Å². The Balaban J connectivity index is 1.75. The van der Waals surface area contributed by atoms with Gasteiger partial charge in [0.25, 0.3) is 0 Å². The number of amides is 1. The zero-order valence-electron chi connectivity index (χ0n) is 14.9. The van der Waals surface area contributed by atoms with Crippen molar-refractivity contribution in [2.75, 3.05) is 0 Å². The van der Waals surface area contributed by atoms with Crippen molar-refractivity contribution >= 4 is 16.8 Å². The molecule has 1 amide bonds. The normalized spacial score (nSPS) is 15.2. The second-order valence-electron chi connectivity index (χ2n) is 7.09. The van der Waals surface area contributed by atoms with Gasteiger partial charge in [-0.25, -0.2) is 4.39 Å². The van der Waals surface area contributed by atoms with E-state index in [9.17, 15) is 9.18 Å². The summed E-state index contributed by atoms with van der Waals surface area (Å²) in [5.74, 6) is -0.419. The molecule has 0 aliphatic heterocycles. The molecular formula is C22H23FN2O. The van der Waals surface area contributed by atoms with E-state index in [0.29, 0.717) is 12.5 Å². The zero-order chi connectivity index (χ0) is 18.1. The van der Waals surface area contributed by atoms with Gasteiger partial charge in [0.05, 0.1) is 0 Å². The van der Waals surface area contributed by atoms with E-state index in [4.69, 9.17) is 0 Å². The molecule has 1 saturated carbocycles. The predicted octanol–water partition coefficient (Wildman–Crippen LogP) is 4.67. The fourth-order valence-electron chi connectivity index (χ4n) is 3.65. The van der Waals surface area contributed by atoms with Crippen LogP contribution in [0.4, 0.5) is 4.39 Å². The van der Waals surface area contributed by atoms with Crippen LogP contribution in [-0.4, -0.2) is 16.9 Å². The predicted molar refractivity (Wildman–Crippen MR) is 102 cm³/mol. The van der Waals surface area contributed by atoms with Gasteiger partial charge in [0.15, 0.2) is 0 Å². The largest absolute Gasteiger partial charge is 0.361 e. The molecule has 4 heteroatoms. The number of para-hydroxylation sites is 1. The number of fused-ring (bicyclic) bond motifs is 1. The van der Waals surface area contributed by atoms with E-state index in [1.807, 2.05) is 18.3 Å². The van der Waals surface area contributed by atoms with Crippen molar-refractivity contribution in [2.24, 2.45) is 0 Å². The van der Waals surface area contributed by atoms with E-state index in [0.717, 1.165) is 41.3 Å². The standard InChI is InChI=1S/C22H23FN2O/c1-2-14-5-4-8-18-20(13-24-22(14)18)19(12-21(26)25-17-9-10-17)15-6-3-7-16(23)11-15/h3-8,11,13,17,19,24H,2,9-10,12H2,1H3,(H,25,26)/t19-/m0/s1. The molecule has 1 aromatic heterocycles. The number of H-pyrrole nitrogens is 1. The number of nitrogens with one attached hydrogen (secondary N) is 2. The molecule has 2 aromatic carbocycles. The van der Waals surface area contributed by atoms with Gasteiger partial charge in [-0.3, -0.25) is 4.79 Å². The van der Waals surface area contributed by atoms with Crippen LogP contribution < -0.4 is 5.32 Å². The van der Waals surface area contributed by atoms with Gasteiger partial charge >= 0.3 is 0 Å². The lowest BCUT2D eigenvalue weighted by atomic mass is 9.87. The second-order valence-corrected chi connectivity index (χ2v) is 7.09. The topological polar surface area (TPSA) is 44.9 Å². The van der Waals surface area contributed by atoms with Gasteiger partial charge in [0.1, 0.15) is 5.82 Å². The number of aromatic nitrogens is 1. The van der Waals surface area contributed by atoms with Gasteiger partial charge in [-0.15, -0.1) is 0 Å². The summed E-state index contributed by atoms with van der Waals surface area (Å²) in [5, 5.41) is 4.17. The Morgan fingerprint density at radius 3 is 2.81 bits per heavy atom. The van der Waals surface area contributed by atoms with Crippen molar-refractivity contribution in [1.29, 1.82) is 0 Å². The number of aromatic amines is 1. The Bertz CT molecular complexity index is 942.